The minimum absolute atomic E-state index is 0.156. The van der Waals surface area contributed by atoms with Gasteiger partial charge in [-0.15, -0.1) is 0 Å². The molecule has 1 aromatic carbocycles. The molecule has 0 saturated heterocycles. The summed E-state index contributed by atoms with van der Waals surface area (Å²) in [4.78, 5) is 4.43. The van der Waals surface area contributed by atoms with Gasteiger partial charge in [0.25, 0.3) is 0 Å². The van der Waals surface area contributed by atoms with Crippen molar-refractivity contribution in [3.05, 3.63) is 51.8 Å². The average Bonchev–Trinajstić information content (AvgIpc) is 2.78. The topological polar surface area (TPSA) is 17.8 Å². The Morgan fingerprint density at radius 1 is 1.28 bits per heavy atom. The van der Waals surface area contributed by atoms with Gasteiger partial charge in [0.2, 0.25) is 0 Å². The van der Waals surface area contributed by atoms with Gasteiger partial charge >= 0.3 is 0 Å². The van der Waals surface area contributed by atoms with Crippen LogP contribution in [-0.2, 0) is 19.4 Å². The number of aromatic nitrogens is 2. The van der Waals surface area contributed by atoms with Gasteiger partial charge in [0.05, 0.1) is 18.6 Å². The highest BCUT2D eigenvalue weighted by molar-refractivity contribution is 9.10. The number of aryl methyl sites for hydroxylation is 1. The predicted octanol–water partition coefficient (Wildman–Crippen LogP) is 3.71. The molecule has 1 aliphatic carbocycles. The fourth-order valence-corrected chi connectivity index (χ4v) is 2.92. The SMILES string of the molecule is Fc1ccc(Br)cc1Cn1cnc2c1CCCC2. The number of halogens is 2. The molecule has 3 rings (SSSR count). The highest BCUT2D eigenvalue weighted by Crippen LogP contribution is 2.22. The number of hydrogen-bond donors (Lipinski definition) is 0. The minimum atomic E-state index is -0.156. The Labute approximate surface area is 114 Å². The van der Waals surface area contributed by atoms with Crippen LogP contribution in [0.1, 0.15) is 29.8 Å². The quantitative estimate of drug-likeness (QED) is 0.827. The van der Waals surface area contributed by atoms with Crippen molar-refractivity contribution in [3.8, 4) is 0 Å². The van der Waals surface area contributed by atoms with E-state index in [1.54, 1.807) is 6.07 Å². The van der Waals surface area contributed by atoms with Gasteiger partial charge in [0, 0.05) is 15.7 Å². The van der Waals surface area contributed by atoms with Crippen LogP contribution in [0.5, 0.6) is 0 Å². The van der Waals surface area contributed by atoms with Gasteiger partial charge in [-0.1, -0.05) is 15.9 Å². The minimum Gasteiger partial charge on any atom is -0.330 e. The molecule has 0 saturated carbocycles. The van der Waals surface area contributed by atoms with E-state index in [1.807, 2.05) is 12.4 Å². The Morgan fingerprint density at radius 3 is 3.00 bits per heavy atom. The highest BCUT2D eigenvalue weighted by atomic mass is 79.9. The molecular weight excluding hydrogens is 295 g/mol. The molecule has 1 aliphatic rings. The number of imidazole rings is 1. The lowest BCUT2D eigenvalue weighted by molar-refractivity contribution is 0.585. The summed E-state index contributed by atoms with van der Waals surface area (Å²) < 4.78 is 16.7. The van der Waals surface area contributed by atoms with E-state index in [0.29, 0.717) is 12.1 Å². The summed E-state index contributed by atoms with van der Waals surface area (Å²) in [5.41, 5.74) is 3.17. The lowest BCUT2D eigenvalue weighted by atomic mass is 10.0. The Hall–Kier alpha value is -1.16. The van der Waals surface area contributed by atoms with E-state index in [4.69, 9.17) is 0 Å². The van der Waals surface area contributed by atoms with Crippen LogP contribution in [0.4, 0.5) is 4.39 Å². The molecule has 4 heteroatoms. The van der Waals surface area contributed by atoms with Crippen LogP contribution in [-0.4, -0.2) is 9.55 Å². The summed E-state index contributed by atoms with van der Waals surface area (Å²) in [6.45, 7) is 0.563. The molecule has 1 aromatic heterocycles. The molecule has 0 atom stereocenters. The van der Waals surface area contributed by atoms with Crippen molar-refractivity contribution in [2.45, 2.75) is 32.2 Å². The Morgan fingerprint density at radius 2 is 2.11 bits per heavy atom. The maximum absolute atomic E-state index is 13.7. The molecule has 94 valence electrons. The van der Waals surface area contributed by atoms with E-state index in [0.717, 1.165) is 17.3 Å². The third-order valence-corrected chi connectivity index (χ3v) is 3.95. The summed E-state index contributed by atoms with van der Waals surface area (Å²) in [5, 5.41) is 0. The van der Waals surface area contributed by atoms with Crippen LogP contribution in [0.25, 0.3) is 0 Å². The van der Waals surface area contributed by atoms with Gasteiger partial charge in [0.1, 0.15) is 5.82 Å². The molecule has 2 nitrogen and oxygen atoms in total. The fraction of sp³-hybridized carbons (Fsp3) is 0.357. The molecule has 0 amide bonds. The number of benzene rings is 1. The first kappa shape index (κ1) is 11.9. The molecule has 0 aliphatic heterocycles. The van der Waals surface area contributed by atoms with E-state index in [-0.39, 0.29) is 5.82 Å². The van der Waals surface area contributed by atoms with Crippen LogP contribution < -0.4 is 0 Å². The molecule has 1 heterocycles. The average molecular weight is 309 g/mol. The lowest BCUT2D eigenvalue weighted by Crippen LogP contribution is -2.09. The smallest absolute Gasteiger partial charge is 0.128 e. The Kier molecular flexibility index (Phi) is 3.20. The van der Waals surface area contributed by atoms with Crippen LogP contribution in [0.2, 0.25) is 0 Å². The first-order valence-corrected chi connectivity index (χ1v) is 7.00. The van der Waals surface area contributed by atoms with Crippen molar-refractivity contribution < 1.29 is 4.39 Å². The van der Waals surface area contributed by atoms with E-state index < -0.39 is 0 Å². The van der Waals surface area contributed by atoms with Crippen molar-refractivity contribution in [2.24, 2.45) is 0 Å². The maximum Gasteiger partial charge on any atom is 0.128 e. The molecule has 0 fully saturated rings. The zero-order valence-corrected chi connectivity index (χ0v) is 11.6. The second kappa shape index (κ2) is 4.84. The summed E-state index contributed by atoms with van der Waals surface area (Å²) in [5.74, 6) is -0.156. The number of nitrogens with zero attached hydrogens (tertiary/aromatic N) is 2. The van der Waals surface area contributed by atoms with Gasteiger partial charge in [-0.25, -0.2) is 9.37 Å². The van der Waals surface area contributed by atoms with Crippen molar-refractivity contribution in [2.75, 3.05) is 0 Å². The first-order chi connectivity index (χ1) is 8.74. The number of hydrogen-bond acceptors (Lipinski definition) is 1. The molecule has 0 N–H and O–H groups in total. The molecule has 0 spiro atoms. The van der Waals surface area contributed by atoms with Gasteiger partial charge < -0.3 is 4.57 Å². The van der Waals surface area contributed by atoms with Crippen LogP contribution >= 0.6 is 15.9 Å². The normalized spacial score (nSPS) is 14.6. The highest BCUT2D eigenvalue weighted by Gasteiger charge is 2.16. The number of fused-ring (bicyclic) bond motifs is 1. The third-order valence-electron chi connectivity index (χ3n) is 3.46. The van der Waals surface area contributed by atoms with E-state index >= 15 is 0 Å². The van der Waals surface area contributed by atoms with Gasteiger partial charge in [-0.3, -0.25) is 0 Å². The second-order valence-corrected chi connectivity index (χ2v) is 5.62. The summed E-state index contributed by atoms with van der Waals surface area (Å²) >= 11 is 3.38. The monoisotopic (exact) mass is 308 g/mol. The van der Waals surface area contributed by atoms with E-state index in [2.05, 4.69) is 25.5 Å². The second-order valence-electron chi connectivity index (χ2n) is 4.71. The molecule has 2 aromatic rings. The van der Waals surface area contributed by atoms with Gasteiger partial charge in [0.15, 0.2) is 0 Å². The van der Waals surface area contributed by atoms with Crippen molar-refractivity contribution in [1.29, 1.82) is 0 Å². The molecular formula is C14H14BrFN2. The standard InChI is InChI=1S/C14H14BrFN2/c15-11-5-6-12(16)10(7-11)8-18-9-17-13-3-1-2-4-14(13)18/h5-7,9H,1-4,8H2. The zero-order chi connectivity index (χ0) is 12.5. The van der Waals surface area contributed by atoms with Crippen LogP contribution in [0.3, 0.4) is 0 Å². The lowest BCUT2D eigenvalue weighted by Gasteiger charge is -2.14. The van der Waals surface area contributed by atoms with Gasteiger partial charge in [-0.2, -0.15) is 0 Å². The number of rotatable bonds is 2. The van der Waals surface area contributed by atoms with Crippen LogP contribution in [0, 0.1) is 5.82 Å². The molecule has 0 bridgehead atoms. The van der Waals surface area contributed by atoms with Crippen molar-refractivity contribution >= 4 is 15.9 Å². The largest absolute Gasteiger partial charge is 0.330 e. The molecule has 0 radical (unpaired) electrons. The van der Waals surface area contributed by atoms with E-state index in [9.17, 15) is 4.39 Å². The van der Waals surface area contributed by atoms with Gasteiger partial charge in [-0.05, 0) is 43.9 Å². The molecule has 18 heavy (non-hydrogen) atoms. The fourth-order valence-electron chi connectivity index (χ4n) is 2.52. The Balaban J connectivity index is 1.92. The summed E-state index contributed by atoms with van der Waals surface area (Å²) in [6, 6.07) is 5.07. The van der Waals surface area contributed by atoms with Crippen LogP contribution in [0.15, 0.2) is 29.0 Å². The predicted molar refractivity (Wildman–Crippen MR) is 72.1 cm³/mol. The zero-order valence-electron chi connectivity index (χ0n) is 10.00. The molecule has 0 unspecified atom stereocenters. The first-order valence-electron chi connectivity index (χ1n) is 6.21. The van der Waals surface area contributed by atoms with E-state index in [1.165, 1.54) is 30.3 Å². The Bertz CT molecular complexity index is 577. The summed E-state index contributed by atoms with van der Waals surface area (Å²) in [6.07, 6.45) is 6.39. The maximum atomic E-state index is 13.7. The third kappa shape index (κ3) is 2.21. The summed E-state index contributed by atoms with van der Waals surface area (Å²) in [7, 11) is 0. The van der Waals surface area contributed by atoms with Crippen molar-refractivity contribution in [3.63, 3.8) is 0 Å². The van der Waals surface area contributed by atoms with Crippen molar-refractivity contribution in [1.82, 2.24) is 9.55 Å².